The molecule has 1 amide bonds. The van der Waals surface area contributed by atoms with Crippen LogP contribution in [0.15, 0.2) is 18.3 Å². The Labute approximate surface area is 101 Å². The van der Waals surface area contributed by atoms with E-state index in [1.807, 2.05) is 12.1 Å². The van der Waals surface area contributed by atoms with E-state index in [2.05, 4.69) is 27.6 Å². The number of halogens is 2. The fraction of sp³-hybridized carbons (Fsp3) is 0.333. The maximum absolute atomic E-state index is 11.5. The number of carbonyl (C=O) groups is 1. The molecule has 2 heterocycles. The molecule has 0 bridgehead atoms. The van der Waals surface area contributed by atoms with Crippen molar-refractivity contribution in [1.29, 1.82) is 0 Å². The maximum Gasteiger partial charge on any atom is 0.228 e. The maximum atomic E-state index is 11.5. The highest BCUT2D eigenvalue weighted by atomic mass is 127. The standard InChI is InChI=1S/C9H8ClIN2O/c10-6-4-8(14)13(5-6)7-2-1-3-12-9(7)11/h1-3,6H,4-5H2. The number of alkyl halides is 1. The zero-order valence-electron chi connectivity index (χ0n) is 7.28. The zero-order chi connectivity index (χ0) is 10.1. The highest BCUT2D eigenvalue weighted by Crippen LogP contribution is 2.26. The van der Waals surface area contributed by atoms with E-state index in [1.165, 1.54) is 0 Å². The van der Waals surface area contributed by atoms with Crippen molar-refractivity contribution < 1.29 is 4.79 Å². The van der Waals surface area contributed by atoms with Gasteiger partial charge in [-0.25, -0.2) is 4.98 Å². The molecular formula is C9H8ClIN2O. The van der Waals surface area contributed by atoms with E-state index in [9.17, 15) is 4.79 Å². The average molecular weight is 323 g/mol. The number of carbonyl (C=O) groups excluding carboxylic acids is 1. The first-order chi connectivity index (χ1) is 6.68. The summed E-state index contributed by atoms with van der Waals surface area (Å²) in [5, 5.41) is -0.0708. The number of hydrogen-bond donors (Lipinski definition) is 0. The predicted octanol–water partition coefficient (Wildman–Crippen LogP) is 2.03. The normalized spacial score (nSPS) is 21.7. The summed E-state index contributed by atoms with van der Waals surface area (Å²) in [5.41, 5.74) is 0.862. The molecule has 0 N–H and O–H groups in total. The summed E-state index contributed by atoms with van der Waals surface area (Å²) >= 11 is 8.04. The largest absolute Gasteiger partial charge is 0.308 e. The van der Waals surface area contributed by atoms with Crippen molar-refractivity contribution in [2.75, 3.05) is 11.4 Å². The van der Waals surface area contributed by atoms with Crippen molar-refractivity contribution in [1.82, 2.24) is 4.98 Å². The van der Waals surface area contributed by atoms with Crippen LogP contribution in [0, 0.1) is 3.70 Å². The van der Waals surface area contributed by atoms with Gasteiger partial charge in [0.15, 0.2) is 0 Å². The van der Waals surface area contributed by atoms with Gasteiger partial charge in [-0.1, -0.05) is 0 Å². The van der Waals surface area contributed by atoms with E-state index in [0.29, 0.717) is 13.0 Å². The van der Waals surface area contributed by atoms with E-state index < -0.39 is 0 Å². The highest BCUT2D eigenvalue weighted by molar-refractivity contribution is 14.1. The average Bonchev–Trinajstić information content (AvgIpc) is 2.46. The van der Waals surface area contributed by atoms with Crippen LogP contribution in [0.1, 0.15) is 6.42 Å². The molecule has 0 aromatic carbocycles. The molecule has 1 atom stereocenters. The molecular weight excluding hydrogens is 314 g/mol. The van der Waals surface area contributed by atoms with Crippen LogP contribution in [0.25, 0.3) is 0 Å². The Morgan fingerprint density at radius 1 is 1.64 bits per heavy atom. The minimum absolute atomic E-state index is 0.0708. The number of hydrogen-bond acceptors (Lipinski definition) is 2. The molecule has 0 spiro atoms. The summed E-state index contributed by atoms with van der Waals surface area (Å²) in [6, 6.07) is 3.72. The van der Waals surface area contributed by atoms with Gasteiger partial charge >= 0.3 is 0 Å². The van der Waals surface area contributed by atoms with Gasteiger partial charge in [0.25, 0.3) is 0 Å². The topological polar surface area (TPSA) is 33.2 Å². The van der Waals surface area contributed by atoms with Gasteiger partial charge in [0.2, 0.25) is 5.91 Å². The van der Waals surface area contributed by atoms with Gasteiger partial charge in [-0.2, -0.15) is 0 Å². The second-order valence-corrected chi connectivity index (χ2v) is 4.76. The summed E-state index contributed by atoms with van der Waals surface area (Å²) in [4.78, 5) is 17.4. The third-order valence-electron chi connectivity index (χ3n) is 2.11. The molecule has 14 heavy (non-hydrogen) atoms. The van der Waals surface area contributed by atoms with E-state index in [0.717, 1.165) is 9.39 Å². The van der Waals surface area contributed by atoms with Gasteiger partial charge in [0.05, 0.1) is 11.1 Å². The molecule has 1 aliphatic rings. The second kappa shape index (κ2) is 4.02. The Bertz CT molecular complexity index is 372. The third-order valence-corrected chi connectivity index (χ3v) is 3.23. The fourth-order valence-electron chi connectivity index (χ4n) is 1.48. The molecule has 1 aromatic heterocycles. The lowest BCUT2D eigenvalue weighted by Crippen LogP contribution is -2.25. The Balaban J connectivity index is 2.32. The third kappa shape index (κ3) is 1.86. The van der Waals surface area contributed by atoms with E-state index >= 15 is 0 Å². The number of aromatic nitrogens is 1. The van der Waals surface area contributed by atoms with Crippen LogP contribution in [0.5, 0.6) is 0 Å². The molecule has 0 saturated carbocycles. The van der Waals surface area contributed by atoms with Crippen LogP contribution in [0.2, 0.25) is 0 Å². The summed E-state index contributed by atoms with van der Waals surface area (Å²) in [6.45, 7) is 0.585. The fourth-order valence-corrected chi connectivity index (χ4v) is 2.38. The van der Waals surface area contributed by atoms with Gasteiger partial charge in [-0.15, -0.1) is 11.6 Å². The number of rotatable bonds is 1. The molecule has 5 heteroatoms. The molecule has 0 radical (unpaired) electrons. The van der Waals surface area contributed by atoms with Crippen LogP contribution in [0.3, 0.4) is 0 Å². The van der Waals surface area contributed by atoms with Crippen molar-refractivity contribution in [2.45, 2.75) is 11.8 Å². The molecule has 3 nitrogen and oxygen atoms in total. The van der Waals surface area contributed by atoms with Crippen LogP contribution < -0.4 is 4.90 Å². The van der Waals surface area contributed by atoms with Crippen LogP contribution >= 0.6 is 34.2 Å². The lowest BCUT2D eigenvalue weighted by atomic mass is 10.4. The zero-order valence-corrected chi connectivity index (χ0v) is 10.2. The molecule has 2 rings (SSSR count). The van der Waals surface area contributed by atoms with Crippen LogP contribution in [0.4, 0.5) is 5.69 Å². The van der Waals surface area contributed by atoms with Crippen molar-refractivity contribution in [3.05, 3.63) is 22.0 Å². The monoisotopic (exact) mass is 322 g/mol. The Morgan fingerprint density at radius 3 is 3.00 bits per heavy atom. The minimum atomic E-state index is -0.0708. The first-order valence-corrected chi connectivity index (χ1v) is 5.75. The van der Waals surface area contributed by atoms with Gasteiger partial charge in [0.1, 0.15) is 3.70 Å². The quantitative estimate of drug-likeness (QED) is 0.450. The van der Waals surface area contributed by atoms with E-state index in [4.69, 9.17) is 11.6 Å². The van der Waals surface area contributed by atoms with Crippen molar-refractivity contribution in [3.8, 4) is 0 Å². The van der Waals surface area contributed by atoms with Crippen LogP contribution in [-0.2, 0) is 4.79 Å². The molecule has 0 aliphatic carbocycles. The molecule has 1 saturated heterocycles. The predicted molar refractivity (Wildman–Crippen MR) is 63.6 cm³/mol. The smallest absolute Gasteiger partial charge is 0.228 e. The summed E-state index contributed by atoms with van der Waals surface area (Å²) < 4.78 is 0.837. The molecule has 1 unspecified atom stereocenters. The van der Waals surface area contributed by atoms with Gasteiger partial charge in [0, 0.05) is 19.2 Å². The van der Waals surface area contributed by atoms with Gasteiger partial charge < -0.3 is 4.90 Å². The number of anilines is 1. The number of nitrogens with zero attached hydrogens (tertiary/aromatic N) is 2. The molecule has 1 fully saturated rings. The summed E-state index contributed by atoms with van der Waals surface area (Å²) in [5.74, 6) is 0.0796. The Hall–Kier alpha value is -0.360. The summed E-state index contributed by atoms with van der Waals surface area (Å²) in [7, 11) is 0. The molecule has 74 valence electrons. The minimum Gasteiger partial charge on any atom is -0.308 e. The Kier molecular flexibility index (Phi) is 2.92. The molecule has 1 aliphatic heterocycles. The number of pyridine rings is 1. The first-order valence-electron chi connectivity index (χ1n) is 4.23. The van der Waals surface area contributed by atoms with Crippen molar-refractivity contribution in [3.63, 3.8) is 0 Å². The molecule has 1 aromatic rings. The first kappa shape index (κ1) is 10.2. The summed E-state index contributed by atoms with van der Waals surface area (Å²) in [6.07, 6.45) is 2.14. The highest BCUT2D eigenvalue weighted by Gasteiger charge is 2.30. The van der Waals surface area contributed by atoms with E-state index in [-0.39, 0.29) is 11.3 Å². The SMILES string of the molecule is O=C1CC(Cl)CN1c1cccnc1I. The van der Waals surface area contributed by atoms with Crippen molar-refractivity contribution >= 4 is 45.8 Å². The van der Waals surface area contributed by atoms with Crippen molar-refractivity contribution in [2.24, 2.45) is 0 Å². The Morgan fingerprint density at radius 2 is 2.43 bits per heavy atom. The van der Waals surface area contributed by atoms with E-state index in [1.54, 1.807) is 11.1 Å². The van der Waals surface area contributed by atoms with Gasteiger partial charge in [-0.05, 0) is 34.7 Å². The lowest BCUT2D eigenvalue weighted by molar-refractivity contribution is -0.117. The van der Waals surface area contributed by atoms with Gasteiger partial charge in [-0.3, -0.25) is 4.79 Å². The lowest BCUT2D eigenvalue weighted by Gasteiger charge is -2.16. The second-order valence-electron chi connectivity index (χ2n) is 3.12. The number of amides is 1. The van der Waals surface area contributed by atoms with Crippen LogP contribution in [-0.4, -0.2) is 22.8 Å².